The summed E-state index contributed by atoms with van der Waals surface area (Å²) in [4.78, 5) is 35.6. The number of hydrogen-bond acceptors (Lipinski definition) is 7. The normalized spacial score (nSPS) is 23.7. The molecule has 1 aliphatic carbocycles. The van der Waals surface area contributed by atoms with E-state index in [9.17, 15) is 31.5 Å². The molecule has 3 aromatic heterocycles. The number of amides is 2. The van der Waals surface area contributed by atoms with Crippen molar-refractivity contribution in [2.75, 3.05) is 19.8 Å². The molecule has 0 unspecified atom stereocenters. The molecule has 5 heterocycles. The van der Waals surface area contributed by atoms with Crippen molar-refractivity contribution in [3.63, 3.8) is 0 Å². The number of nitrogens with zero attached hydrogens (tertiary/aromatic N) is 6. The van der Waals surface area contributed by atoms with E-state index in [1.165, 1.54) is 15.4 Å². The molecule has 0 spiro atoms. The summed E-state index contributed by atoms with van der Waals surface area (Å²) in [5.41, 5.74) is 1.66. The predicted octanol–water partition coefficient (Wildman–Crippen LogP) is 4.39. The second-order valence-corrected chi connectivity index (χ2v) is 12.5. The van der Waals surface area contributed by atoms with Crippen LogP contribution in [-0.2, 0) is 22.5 Å². The van der Waals surface area contributed by atoms with E-state index in [1.54, 1.807) is 12.3 Å². The number of fused-ring (bicyclic) bond motifs is 1. The predicted molar refractivity (Wildman–Crippen MR) is 153 cm³/mol. The largest absolute Gasteiger partial charge is 0.393 e. The summed E-state index contributed by atoms with van der Waals surface area (Å²) < 4.78 is 77.4. The van der Waals surface area contributed by atoms with Crippen LogP contribution < -0.4 is 10.6 Å². The van der Waals surface area contributed by atoms with E-state index in [4.69, 9.17) is 19.8 Å². The van der Waals surface area contributed by atoms with E-state index in [-0.39, 0.29) is 56.1 Å². The minimum absolute atomic E-state index is 0.0412. The van der Waals surface area contributed by atoms with Gasteiger partial charge in [-0.15, -0.1) is 0 Å². The maximum absolute atomic E-state index is 14.1. The van der Waals surface area contributed by atoms with Crippen LogP contribution >= 0.6 is 0 Å². The molecule has 250 valence electrons. The fourth-order valence-corrected chi connectivity index (χ4v) is 6.86. The summed E-state index contributed by atoms with van der Waals surface area (Å²) in [5.74, 6) is -6.51. The number of aromatic nitrogens is 6. The van der Waals surface area contributed by atoms with E-state index < -0.39 is 48.3 Å². The maximum Gasteiger partial charge on any atom is 0.393 e. The number of carbonyl (C=O) groups excluding carboxylic acids is 2. The Morgan fingerprint density at radius 3 is 2.61 bits per heavy atom. The van der Waals surface area contributed by atoms with Gasteiger partial charge in [0.05, 0.1) is 35.2 Å². The fourth-order valence-electron chi connectivity index (χ4n) is 6.86. The summed E-state index contributed by atoms with van der Waals surface area (Å²) >= 11 is 0. The van der Waals surface area contributed by atoms with Crippen molar-refractivity contribution in [1.82, 2.24) is 40.0 Å². The van der Waals surface area contributed by atoms with Crippen molar-refractivity contribution >= 4 is 17.6 Å². The van der Waals surface area contributed by atoms with Gasteiger partial charge in [0.2, 0.25) is 11.8 Å². The average Bonchev–Trinajstić information content (AvgIpc) is 3.67. The Morgan fingerprint density at radius 1 is 1.17 bits per heavy atom. The van der Waals surface area contributed by atoms with E-state index in [0.717, 1.165) is 0 Å². The van der Waals surface area contributed by atoms with Crippen molar-refractivity contribution < 1.29 is 36.3 Å². The number of halogens is 5. The Balaban J connectivity index is 1.35. The number of hydrogen-bond donors (Lipinski definition) is 2. The lowest BCUT2D eigenvalue weighted by Crippen LogP contribution is -2.47. The van der Waals surface area contributed by atoms with Gasteiger partial charge in [0.15, 0.2) is 0 Å². The minimum Gasteiger partial charge on any atom is -0.381 e. The molecule has 6 rings (SSSR count). The molecule has 2 N–H and O–H groups in total. The first kappa shape index (κ1) is 32.3. The monoisotopic (exact) mass is 652 g/mol. The first-order chi connectivity index (χ1) is 21.9. The number of carbonyl (C=O) groups is 2. The lowest BCUT2D eigenvalue weighted by Gasteiger charge is -2.33. The Morgan fingerprint density at radius 2 is 1.91 bits per heavy atom. The van der Waals surface area contributed by atoms with Gasteiger partial charge in [0, 0.05) is 63.6 Å². The molecule has 0 bridgehead atoms. The van der Waals surface area contributed by atoms with Gasteiger partial charge in [0.1, 0.15) is 5.69 Å². The zero-order valence-corrected chi connectivity index (χ0v) is 25.4. The van der Waals surface area contributed by atoms with E-state index in [2.05, 4.69) is 15.7 Å². The highest BCUT2D eigenvalue weighted by atomic mass is 19.4. The third-order valence-corrected chi connectivity index (χ3v) is 9.49. The number of rotatable bonds is 8. The number of aryl methyl sites for hydroxylation is 1. The van der Waals surface area contributed by atoms with Crippen LogP contribution in [0.4, 0.5) is 22.0 Å². The second-order valence-electron chi connectivity index (χ2n) is 12.5. The third kappa shape index (κ3) is 6.86. The molecule has 0 aromatic carbocycles. The molecule has 2 amide bonds. The van der Waals surface area contributed by atoms with Gasteiger partial charge in [0.25, 0.3) is 11.7 Å². The summed E-state index contributed by atoms with van der Waals surface area (Å²) in [7, 11) is 0. The molecule has 2 saturated heterocycles. The summed E-state index contributed by atoms with van der Waals surface area (Å²) in [6, 6.07) is 0.841. The second kappa shape index (κ2) is 12.8. The van der Waals surface area contributed by atoms with Gasteiger partial charge in [-0.3, -0.25) is 14.3 Å². The zero-order valence-electron chi connectivity index (χ0n) is 25.4. The lowest BCUT2D eigenvalue weighted by atomic mass is 9.81. The highest BCUT2D eigenvalue weighted by Gasteiger charge is 2.45. The smallest absolute Gasteiger partial charge is 0.381 e. The van der Waals surface area contributed by atoms with Crippen molar-refractivity contribution in [3.8, 4) is 0 Å². The Bertz CT molecular complexity index is 1560. The third-order valence-electron chi connectivity index (χ3n) is 9.49. The van der Waals surface area contributed by atoms with Crippen LogP contribution in [0.1, 0.15) is 91.4 Å². The summed E-state index contributed by atoms with van der Waals surface area (Å²) in [5, 5.41) is 14.3. The highest BCUT2D eigenvalue weighted by Crippen LogP contribution is 2.42. The van der Waals surface area contributed by atoms with Gasteiger partial charge in [-0.25, -0.2) is 23.3 Å². The van der Waals surface area contributed by atoms with Gasteiger partial charge >= 0.3 is 6.18 Å². The lowest BCUT2D eigenvalue weighted by molar-refractivity contribution is -0.183. The van der Waals surface area contributed by atoms with Crippen LogP contribution in [0.2, 0.25) is 0 Å². The number of ether oxygens (including phenoxy) is 1. The quantitative estimate of drug-likeness (QED) is 0.346. The summed E-state index contributed by atoms with van der Waals surface area (Å²) in [6.45, 7) is 2.80. The molecule has 1 saturated carbocycles. The van der Waals surface area contributed by atoms with Crippen molar-refractivity contribution in [1.29, 1.82) is 0 Å². The zero-order chi connectivity index (χ0) is 32.6. The molecular formula is C30H37F5N8O3. The first-order valence-corrected chi connectivity index (χ1v) is 15.8. The van der Waals surface area contributed by atoms with Gasteiger partial charge < -0.3 is 15.4 Å². The number of imidazole rings is 1. The molecule has 16 heteroatoms. The standard InChI is InChI=1S/C30H37F5N8O3/c1-2-42-23(5-10-37-42)27(45)39-25(17-3-8-29(31,32)9-4-17)22-16-43-28(38-22)40-24(18-6-11-46-12-7-18)21(41-43)14-19-13-20(30(33,34)35)15-36-26(19)44/h5,10,16-20,25H,2-4,6-9,11-15H2,1H3,(H,36,44)(H,39,45)/t19-,20+,25-/m0/s1. The van der Waals surface area contributed by atoms with Crippen LogP contribution in [0.25, 0.3) is 5.78 Å². The number of piperidine rings is 1. The minimum atomic E-state index is -4.44. The molecule has 3 atom stereocenters. The number of nitrogens with one attached hydrogen (secondary N) is 2. The summed E-state index contributed by atoms with van der Waals surface area (Å²) in [6.07, 6.45) is -0.827. The topological polar surface area (TPSA) is 128 Å². The van der Waals surface area contributed by atoms with E-state index in [0.29, 0.717) is 55.4 Å². The van der Waals surface area contributed by atoms with Crippen LogP contribution in [0.3, 0.4) is 0 Å². The SMILES string of the molecule is CCn1nccc1C(=O)N[C@H](c1cn2nc(C[C@@H]3C[C@@H](C(F)(F)F)CNC3=O)c(C3CCOCC3)nc2n1)C1CCC(F)(F)CC1. The average molecular weight is 653 g/mol. The van der Waals surface area contributed by atoms with Crippen LogP contribution in [0.5, 0.6) is 0 Å². The Hall–Kier alpha value is -3.69. The molecule has 3 aliphatic rings. The van der Waals surface area contributed by atoms with Gasteiger partial charge in [-0.2, -0.15) is 23.4 Å². The first-order valence-electron chi connectivity index (χ1n) is 15.8. The van der Waals surface area contributed by atoms with Crippen LogP contribution in [0, 0.1) is 17.8 Å². The van der Waals surface area contributed by atoms with Crippen LogP contribution in [-0.4, -0.2) is 73.0 Å². The molecule has 3 aromatic rings. The number of alkyl halides is 5. The Kier molecular flexibility index (Phi) is 9.00. The van der Waals surface area contributed by atoms with Gasteiger partial charge in [-0.05, 0) is 51.0 Å². The Labute approximate surface area is 261 Å². The molecule has 2 aliphatic heterocycles. The fraction of sp³-hybridized carbons (Fsp3) is 0.667. The van der Waals surface area contributed by atoms with Crippen molar-refractivity contribution in [2.24, 2.45) is 17.8 Å². The van der Waals surface area contributed by atoms with Crippen molar-refractivity contribution in [2.45, 2.75) is 88.9 Å². The van der Waals surface area contributed by atoms with E-state index >= 15 is 0 Å². The maximum atomic E-state index is 14.1. The molecule has 0 radical (unpaired) electrons. The highest BCUT2D eigenvalue weighted by molar-refractivity contribution is 5.92. The van der Waals surface area contributed by atoms with Crippen LogP contribution in [0.15, 0.2) is 18.5 Å². The van der Waals surface area contributed by atoms with Crippen molar-refractivity contribution in [3.05, 3.63) is 41.2 Å². The van der Waals surface area contributed by atoms with E-state index in [1.807, 2.05) is 6.92 Å². The van der Waals surface area contributed by atoms with Gasteiger partial charge in [-0.1, -0.05) is 0 Å². The molecule has 3 fully saturated rings. The molecule has 46 heavy (non-hydrogen) atoms. The molecular weight excluding hydrogens is 615 g/mol. The molecule has 11 nitrogen and oxygen atoms in total.